The van der Waals surface area contributed by atoms with Gasteiger partial charge in [-0.3, -0.25) is 4.79 Å². The summed E-state index contributed by atoms with van der Waals surface area (Å²) in [5, 5.41) is 0. The second-order valence-corrected chi connectivity index (χ2v) is 5.19. The highest BCUT2D eigenvalue weighted by molar-refractivity contribution is 5.69. The minimum absolute atomic E-state index is 0.0699. The van der Waals surface area contributed by atoms with Gasteiger partial charge in [0.15, 0.2) is 0 Å². The fourth-order valence-corrected chi connectivity index (χ4v) is 2.77. The summed E-state index contributed by atoms with van der Waals surface area (Å²) in [6.07, 6.45) is 5.09. The van der Waals surface area contributed by atoms with Crippen LogP contribution in [-0.2, 0) is 9.53 Å². The van der Waals surface area contributed by atoms with Gasteiger partial charge < -0.3 is 4.74 Å². The van der Waals surface area contributed by atoms with Crippen molar-refractivity contribution in [1.29, 1.82) is 0 Å². The molecule has 0 aliphatic heterocycles. The lowest BCUT2D eigenvalue weighted by Gasteiger charge is -2.31. The van der Waals surface area contributed by atoms with Crippen molar-refractivity contribution in [2.75, 3.05) is 0 Å². The van der Waals surface area contributed by atoms with Crippen molar-refractivity contribution in [3.8, 4) is 0 Å². The van der Waals surface area contributed by atoms with Gasteiger partial charge in [0.05, 0.1) is 0 Å². The quantitative estimate of drug-likeness (QED) is 0.754. The molecular weight excluding hydrogens is 224 g/mol. The number of rotatable bonds is 3. The van der Waals surface area contributed by atoms with Crippen LogP contribution in [0.1, 0.15) is 56.1 Å². The van der Waals surface area contributed by atoms with E-state index in [1.165, 1.54) is 24.0 Å². The zero-order chi connectivity index (χ0) is 13.0. The Morgan fingerprint density at radius 3 is 2.83 bits per heavy atom. The van der Waals surface area contributed by atoms with E-state index in [4.69, 9.17) is 4.74 Å². The molecule has 2 atom stereocenters. The molecule has 0 radical (unpaired) electrons. The van der Waals surface area contributed by atoms with E-state index in [0.717, 1.165) is 12.8 Å². The van der Waals surface area contributed by atoms with E-state index in [0.29, 0.717) is 12.3 Å². The van der Waals surface area contributed by atoms with Gasteiger partial charge in [0.2, 0.25) is 0 Å². The Labute approximate surface area is 109 Å². The molecule has 98 valence electrons. The summed E-state index contributed by atoms with van der Waals surface area (Å²) < 4.78 is 5.61. The van der Waals surface area contributed by atoms with Gasteiger partial charge in [0, 0.05) is 12.3 Å². The van der Waals surface area contributed by atoms with Crippen LogP contribution in [0.4, 0.5) is 0 Å². The zero-order valence-corrected chi connectivity index (χ0v) is 11.3. The molecule has 0 aromatic heterocycles. The summed E-state index contributed by atoms with van der Waals surface area (Å²) >= 11 is 0. The first kappa shape index (κ1) is 13.1. The van der Waals surface area contributed by atoms with Crippen LogP contribution in [0.2, 0.25) is 0 Å². The van der Waals surface area contributed by atoms with Gasteiger partial charge in [-0.15, -0.1) is 0 Å². The lowest BCUT2D eigenvalue weighted by molar-refractivity contribution is -0.151. The fourth-order valence-electron chi connectivity index (χ4n) is 2.77. The van der Waals surface area contributed by atoms with Crippen LogP contribution in [-0.4, -0.2) is 12.1 Å². The largest absolute Gasteiger partial charge is 0.462 e. The first-order valence-corrected chi connectivity index (χ1v) is 6.96. The van der Waals surface area contributed by atoms with Crippen molar-refractivity contribution in [3.63, 3.8) is 0 Å². The molecule has 0 heterocycles. The molecule has 1 saturated carbocycles. The van der Waals surface area contributed by atoms with Crippen LogP contribution in [0.5, 0.6) is 0 Å². The minimum Gasteiger partial charge on any atom is -0.462 e. The van der Waals surface area contributed by atoms with Gasteiger partial charge in [0.25, 0.3) is 0 Å². The zero-order valence-electron chi connectivity index (χ0n) is 11.3. The summed E-state index contributed by atoms with van der Waals surface area (Å²) in [4.78, 5) is 11.5. The van der Waals surface area contributed by atoms with E-state index in [9.17, 15) is 4.79 Å². The number of ether oxygens (including phenoxy) is 1. The maximum atomic E-state index is 11.5. The monoisotopic (exact) mass is 246 g/mol. The van der Waals surface area contributed by atoms with Gasteiger partial charge in [-0.25, -0.2) is 0 Å². The van der Waals surface area contributed by atoms with E-state index in [2.05, 4.69) is 31.2 Å². The molecule has 2 rings (SSSR count). The Morgan fingerprint density at radius 1 is 1.33 bits per heavy atom. The Hall–Kier alpha value is -1.31. The summed E-state index contributed by atoms with van der Waals surface area (Å²) in [6, 6.07) is 8.59. The van der Waals surface area contributed by atoms with Crippen LogP contribution in [0.3, 0.4) is 0 Å². The Balaban J connectivity index is 2.14. The predicted octanol–water partition coefficient (Wildman–Crippen LogP) is 3.97. The molecule has 18 heavy (non-hydrogen) atoms. The van der Waals surface area contributed by atoms with Gasteiger partial charge >= 0.3 is 5.97 Å². The molecule has 1 fully saturated rings. The van der Waals surface area contributed by atoms with Crippen molar-refractivity contribution in [2.24, 2.45) is 0 Å². The number of hydrogen-bond donors (Lipinski definition) is 0. The van der Waals surface area contributed by atoms with Crippen molar-refractivity contribution in [3.05, 3.63) is 35.4 Å². The first-order chi connectivity index (χ1) is 8.70. The standard InChI is InChI=1S/C16H22O2/c1-3-16(17)18-15-10-5-4-9-14(15)13-8-6-7-12(2)11-13/h6-8,11,14-15H,3-5,9-10H2,1-2H3. The average molecular weight is 246 g/mol. The van der Waals surface area contributed by atoms with Gasteiger partial charge in [-0.2, -0.15) is 0 Å². The molecule has 2 nitrogen and oxygen atoms in total. The molecule has 0 N–H and O–H groups in total. The van der Waals surface area contributed by atoms with E-state index in [1.807, 2.05) is 6.92 Å². The third-order valence-corrected chi connectivity index (χ3v) is 3.74. The van der Waals surface area contributed by atoms with Gasteiger partial charge in [0.1, 0.15) is 6.10 Å². The van der Waals surface area contributed by atoms with Crippen molar-refractivity contribution >= 4 is 5.97 Å². The number of esters is 1. The first-order valence-electron chi connectivity index (χ1n) is 6.96. The van der Waals surface area contributed by atoms with E-state index in [1.54, 1.807) is 0 Å². The topological polar surface area (TPSA) is 26.3 Å². The lowest BCUT2D eigenvalue weighted by Crippen LogP contribution is -2.28. The average Bonchev–Trinajstić information content (AvgIpc) is 2.39. The number of aryl methyl sites for hydroxylation is 1. The van der Waals surface area contributed by atoms with Crippen molar-refractivity contribution in [2.45, 2.75) is 58.0 Å². The summed E-state index contributed by atoms with van der Waals surface area (Å²) in [6.45, 7) is 3.96. The van der Waals surface area contributed by atoms with Crippen LogP contribution in [0.15, 0.2) is 24.3 Å². The van der Waals surface area contributed by atoms with Gasteiger partial charge in [-0.1, -0.05) is 43.2 Å². The molecule has 0 amide bonds. The van der Waals surface area contributed by atoms with Crippen LogP contribution in [0.25, 0.3) is 0 Å². The summed E-state index contributed by atoms with van der Waals surface area (Å²) in [5.41, 5.74) is 2.60. The van der Waals surface area contributed by atoms with E-state index >= 15 is 0 Å². The number of carbonyl (C=O) groups excluding carboxylic acids is 1. The molecule has 1 aromatic rings. The summed E-state index contributed by atoms with van der Waals surface area (Å²) in [5.74, 6) is 0.314. The predicted molar refractivity (Wildman–Crippen MR) is 72.6 cm³/mol. The van der Waals surface area contributed by atoms with Crippen molar-refractivity contribution in [1.82, 2.24) is 0 Å². The Bertz CT molecular complexity index is 411. The second-order valence-electron chi connectivity index (χ2n) is 5.19. The highest BCUT2D eigenvalue weighted by Gasteiger charge is 2.29. The Kier molecular flexibility index (Phi) is 4.40. The number of benzene rings is 1. The molecule has 1 aliphatic rings. The highest BCUT2D eigenvalue weighted by atomic mass is 16.5. The SMILES string of the molecule is CCC(=O)OC1CCCCC1c1cccc(C)c1. The van der Waals surface area contributed by atoms with E-state index < -0.39 is 0 Å². The molecule has 2 unspecified atom stereocenters. The smallest absolute Gasteiger partial charge is 0.305 e. The van der Waals surface area contributed by atoms with E-state index in [-0.39, 0.29) is 12.1 Å². The molecule has 1 aliphatic carbocycles. The number of hydrogen-bond acceptors (Lipinski definition) is 2. The highest BCUT2D eigenvalue weighted by Crippen LogP contribution is 2.35. The third-order valence-electron chi connectivity index (χ3n) is 3.74. The fraction of sp³-hybridized carbons (Fsp3) is 0.562. The lowest BCUT2D eigenvalue weighted by atomic mass is 9.81. The normalized spacial score (nSPS) is 23.7. The maximum absolute atomic E-state index is 11.5. The van der Waals surface area contributed by atoms with Gasteiger partial charge in [-0.05, 0) is 31.7 Å². The van der Waals surface area contributed by atoms with Crippen LogP contribution >= 0.6 is 0 Å². The van der Waals surface area contributed by atoms with Crippen molar-refractivity contribution < 1.29 is 9.53 Å². The molecule has 0 bridgehead atoms. The Morgan fingerprint density at radius 2 is 2.11 bits per heavy atom. The minimum atomic E-state index is -0.0699. The third kappa shape index (κ3) is 3.12. The molecule has 0 saturated heterocycles. The van der Waals surface area contributed by atoms with Crippen LogP contribution < -0.4 is 0 Å². The molecule has 1 aromatic carbocycles. The second kappa shape index (κ2) is 6.03. The summed E-state index contributed by atoms with van der Waals surface area (Å²) in [7, 11) is 0. The maximum Gasteiger partial charge on any atom is 0.305 e. The van der Waals surface area contributed by atoms with Crippen LogP contribution in [0, 0.1) is 6.92 Å². The molecule has 2 heteroatoms. The molecular formula is C16H22O2. The molecule has 0 spiro atoms. The number of carbonyl (C=O) groups is 1.